The van der Waals surface area contributed by atoms with E-state index in [2.05, 4.69) is 4.98 Å². The summed E-state index contributed by atoms with van der Waals surface area (Å²) in [5.74, 6) is 0. The van der Waals surface area contributed by atoms with Crippen molar-refractivity contribution in [3.63, 3.8) is 0 Å². The third-order valence-electron chi connectivity index (χ3n) is 1.58. The van der Waals surface area contributed by atoms with Crippen molar-refractivity contribution in [2.24, 2.45) is 0 Å². The van der Waals surface area contributed by atoms with E-state index in [1.165, 1.54) is 16.9 Å². The molecule has 2 aromatic rings. The third-order valence-corrected chi connectivity index (χ3v) is 2.46. The highest BCUT2D eigenvalue weighted by Gasteiger charge is 1.99. The fraction of sp³-hybridized carbons (Fsp3) is 0. The third kappa shape index (κ3) is 2.29. The van der Waals surface area contributed by atoms with Crippen LogP contribution in [0.15, 0.2) is 36.5 Å². The monoisotopic (exact) mass is 256 g/mol. The first kappa shape index (κ1) is 10.2. The van der Waals surface area contributed by atoms with Crippen LogP contribution >= 0.6 is 28.3 Å². The Hall–Kier alpha value is -0.870. The van der Waals surface area contributed by atoms with Crippen LogP contribution in [0.25, 0.3) is 10.4 Å². The molecule has 2 nitrogen and oxygen atoms in total. The molecule has 4 heteroatoms. The molecule has 68 valence electrons. The minimum absolute atomic E-state index is 0. The van der Waals surface area contributed by atoms with Gasteiger partial charge in [-0.3, -0.25) is 0 Å². The number of nitrogen functional groups attached to an aromatic ring is 1. The predicted molar refractivity (Wildman–Crippen MR) is 62.3 cm³/mol. The van der Waals surface area contributed by atoms with Crippen molar-refractivity contribution in [3.05, 3.63) is 36.5 Å². The van der Waals surface area contributed by atoms with Crippen LogP contribution in [0, 0.1) is 0 Å². The quantitative estimate of drug-likeness (QED) is 0.852. The van der Waals surface area contributed by atoms with Gasteiger partial charge in [-0.2, -0.15) is 0 Å². The minimum atomic E-state index is 0. The van der Waals surface area contributed by atoms with Crippen LogP contribution in [0.4, 0.5) is 5.13 Å². The average molecular weight is 257 g/mol. The molecule has 0 atom stereocenters. The molecule has 0 spiro atoms. The normalized spacial score (nSPS) is 9.23. The van der Waals surface area contributed by atoms with Crippen molar-refractivity contribution in [1.82, 2.24) is 4.98 Å². The summed E-state index contributed by atoms with van der Waals surface area (Å²) >= 11 is 1.51. The lowest BCUT2D eigenvalue weighted by Crippen LogP contribution is -1.77. The maximum Gasteiger partial charge on any atom is 0.180 e. The van der Waals surface area contributed by atoms with Gasteiger partial charge in [0.05, 0.1) is 4.88 Å². The van der Waals surface area contributed by atoms with Crippen LogP contribution < -0.4 is 5.73 Å². The van der Waals surface area contributed by atoms with E-state index in [-0.39, 0.29) is 17.0 Å². The van der Waals surface area contributed by atoms with Crippen molar-refractivity contribution in [2.75, 3.05) is 5.73 Å². The lowest BCUT2D eigenvalue weighted by molar-refractivity contribution is 1.42. The van der Waals surface area contributed by atoms with E-state index in [4.69, 9.17) is 5.73 Å². The van der Waals surface area contributed by atoms with Gasteiger partial charge < -0.3 is 5.73 Å². The zero-order valence-electron chi connectivity index (χ0n) is 6.81. The van der Waals surface area contributed by atoms with Gasteiger partial charge >= 0.3 is 0 Å². The van der Waals surface area contributed by atoms with Crippen LogP contribution in [0.1, 0.15) is 0 Å². The number of anilines is 1. The summed E-state index contributed by atoms with van der Waals surface area (Å²) in [6.45, 7) is 0. The van der Waals surface area contributed by atoms with E-state index in [1.807, 2.05) is 30.3 Å². The molecule has 0 saturated heterocycles. The Balaban J connectivity index is 0.000000845. The molecule has 0 aliphatic rings. The second-order valence-electron chi connectivity index (χ2n) is 2.43. The van der Waals surface area contributed by atoms with Crippen LogP contribution in [0.2, 0.25) is 0 Å². The van der Waals surface area contributed by atoms with E-state index in [0.717, 1.165) is 4.88 Å². The number of benzene rings is 1. The molecule has 1 aromatic carbocycles. The molecular formula is C9H9BrN2S. The predicted octanol–water partition coefficient (Wildman–Crippen LogP) is 2.97. The Morgan fingerprint density at radius 2 is 1.85 bits per heavy atom. The summed E-state index contributed by atoms with van der Waals surface area (Å²) in [4.78, 5) is 5.11. The molecule has 0 aliphatic carbocycles. The Labute approximate surface area is 91.2 Å². The van der Waals surface area contributed by atoms with Gasteiger partial charge in [0.15, 0.2) is 5.13 Å². The topological polar surface area (TPSA) is 38.9 Å². The zero-order valence-corrected chi connectivity index (χ0v) is 9.33. The first-order valence-electron chi connectivity index (χ1n) is 3.63. The molecular weight excluding hydrogens is 248 g/mol. The smallest absolute Gasteiger partial charge is 0.180 e. The summed E-state index contributed by atoms with van der Waals surface area (Å²) < 4.78 is 0. The highest BCUT2D eigenvalue weighted by molar-refractivity contribution is 8.93. The van der Waals surface area contributed by atoms with Crippen molar-refractivity contribution >= 4 is 33.4 Å². The standard InChI is InChI=1S/C9H8N2S.BrH/c10-9-11-6-8(12-9)7-4-2-1-3-5-7;/h1-6H,(H2,10,11);1H. The van der Waals surface area contributed by atoms with Crippen molar-refractivity contribution < 1.29 is 0 Å². The van der Waals surface area contributed by atoms with Crippen molar-refractivity contribution in [2.45, 2.75) is 0 Å². The number of nitrogens with two attached hydrogens (primary N) is 1. The minimum Gasteiger partial charge on any atom is -0.375 e. The van der Waals surface area contributed by atoms with E-state index >= 15 is 0 Å². The second kappa shape index (κ2) is 4.39. The number of halogens is 1. The summed E-state index contributed by atoms with van der Waals surface area (Å²) in [5, 5.41) is 0.619. The molecule has 0 bridgehead atoms. The second-order valence-corrected chi connectivity index (χ2v) is 3.49. The lowest BCUT2D eigenvalue weighted by Gasteiger charge is -1.92. The number of aromatic nitrogens is 1. The Bertz CT molecular complexity index is 372. The number of nitrogens with zero attached hydrogens (tertiary/aromatic N) is 1. The van der Waals surface area contributed by atoms with Gasteiger partial charge in [-0.1, -0.05) is 41.7 Å². The molecule has 0 aliphatic heterocycles. The van der Waals surface area contributed by atoms with Crippen molar-refractivity contribution in [3.8, 4) is 10.4 Å². The summed E-state index contributed by atoms with van der Waals surface area (Å²) in [5.41, 5.74) is 6.70. The molecule has 0 amide bonds. The van der Waals surface area contributed by atoms with Gasteiger partial charge in [-0.15, -0.1) is 17.0 Å². The van der Waals surface area contributed by atoms with E-state index in [1.54, 1.807) is 6.20 Å². The first-order chi connectivity index (χ1) is 5.86. The lowest BCUT2D eigenvalue weighted by atomic mass is 10.2. The zero-order chi connectivity index (χ0) is 8.39. The van der Waals surface area contributed by atoms with Crippen molar-refractivity contribution in [1.29, 1.82) is 0 Å². The number of hydrogen-bond acceptors (Lipinski definition) is 3. The number of thiazole rings is 1. The SMILES string of the molecule is Br.Nc1ncc(-c2ccccc2)s1. The van der Waals surface area contributed by atoms with Gasteiger partial charge in [-0.05, 0) is 5.56 Å². The molecule has 1 aromatic heterocycles. The van der Waals surface area contributed by atoms with Crippen LogP contribution in [-0.2, 0) is 0 Å². The molecule has 0 saturated carbocycles. The number of hydrogen-bond donors (Lipinski definition) is 1. The molecule has 1 heterocycles. The fourth-order valence-corrected chi connectivity index (χ4v) is 1.71. The van der Waals surface area contributed by atoms with E-state index in [0.29, 0.717) is 5.13 Å². The first-order valence-corrected chi connectivity index (χ1v) is 4.44. The Morgan fingerprint density at radius 3 is 2.38 bits per heavy atom. The molecule has 2 rings (SSSR count). The highest BCUT2D eigenvalue weighted by atomic mass is 79.9. The maximum atomic E-state index is 5.52. The molecule has 2 N–H and O–H groups in total. The van der Waals surface area contributed by atoms with E-state index < -0.39 is 0 Å². The largest absolute Gasteiger partial charge is 0.375 e. The maximum absolute atomic E-state index is 5.52. The summed E-state index contributed by atoms with van der Waals surface area (Å²) in [6.07, 6.45) is 1.80. The fourth-order valence-electron chi connectivity index (χ4n) is 1.02. The van der Waals surface area contributed by atoms with Gasteiger partial charge in [0.25, 0.3) is 0 Å². The Morgan fingerprint density at radius 1 is 1.15 bits per heavy atom. The average Bonchev–Trinajstić information content (AvgIpc) is 2.54. The van der Waals surface area contributed by atoms with E-state index in [9.17, 15) is 0 Å². The molecule has 0 radical (unpaired) electrons. The van der Waals surface area contributed by atoms with Gasteiger partial charge in [0.1, 0.15) is 0 Å². The van der Waals surface area contributed by atoms with Crippen LogP contribution in [-0.4, -0.2) is 4.98 Å². The van der Waals surface area contributed by atoms with Gasteiger partial charge in [0, 0.05) is 6.20 Å². The van der Waals surface area contributed by atoms with Gasteiger partial charge in [0.2, 0.25) is 0 Å². The molecule has 0 unspecified atom stereocenters. The number of rotatable bonds is 1. The van der Waals surface area contributed by atoms with Crippen LogP contribution in [0.5, 0.6) is 0 Å². The highest BCUT2D eigenvalue weighted by Crippen LogP contribution is 2.26. The summed E-state index contributed by atoms with van der Waals surface area (Å²) in [7, 11) is 0. The Kier molecular flexibility index (Phi) is 3.45. The molecule has 0 fully saturated rings. The van der Waals surface area contributed by atoms with Gasteiger partial charge in [-0.25, -0.2) is 4.98 Å². The molecule has 13 heavy (non-hydrogen) atoms. The summed E-state index contributed by atoms with van der Waals surface area (Å²) in [6, 6.07) is 10.1. The van der Waals surface area contributed by atoms with Crippen LogP contribution in [0.3, 0.4) is 0 Å².